The first-order valence-corrected chi connectivity index (χ1v) is 4.93. The van der Waals surface area contributed by atoms with Crippen LogP contribution in [0.1, 0.15) is 19.3 Å². The minimum Gasteiger partial charge on any atom is -0.481 e. The normalized spacial score (nSPS) is 10.1. The van der Waals surface area contributed by atoms with Gasteiger partial charge in [-0.3, -0.25) is 19.5 Å². The van der Waals surface area contributed by atoms with E-state index in [4.69, 9.17) is 5.11 Å². The number of aryl methyl sites for hydroxylation is 1. The Balaban J connectivity index is 2.64. The molecule has 0 fully saturated rings. The first-order chi connectivity index (χ1) is 8.00. The van der Waals surface area contributed by atoms with Gasteiger partial charge in [-0.2, -0.15) is 4.98 Å². The van der Waals surface area contributed by atoms with Crippen molar-refractivity contribution in [1.82, 2.24) is 9.55 Å². The highest BCUT2D eigenvalue weighted by Crippen LogP contribution is 2.06. The van der Waals surface area contributed by atoms with Crippen LogP contribution < -0.4 is 5.69 Å². The van der Waals surface area contributed by atoms with Gasteiger partial charge in [0.05, 0.1) is 11.1 Å². The van der Waals surface area contributed by atoms with Gasteiger partial charge in [-0.05, 0) is 12.8 Å². The largest absolute Gasteiger partial charge is 0.481 e. The molecule has 0 aliphatic heterocycles. The number of carboxylic acids is 1. The Kier molecular flexibility index (Phi) is 4.32. The van der Waals surface area contributed by atoms with Gasteiger partial charge in [0.15, 0.2) is 0 Å². The number of rotatable bonds is 6. The maximum atomic E-state index is 11.2. The van der Waals surface area contributed by atoms with Crippen molar-refractivity contribution in [1.29, 1.82) is 0 Å². The summed E-state index contributed by atoms with van der Waals surface area (Å²) in [7, 11) is 0. The van der Waals surface area contributed by atoms with Crippen LogP contribution in [-0.2, 0) is 11.3 Å². The lowest BCUT2D eigenvalue weighted by Crippen LogP contribution is -2.22. The van der Waals surface area contributed by atoms with Crippen LogP contribution in [0.4, 0.5) is 5.69 Å². The molecule has 1 rings (SSSR count). The van der Waals surface area contributed by atoms with E-state index in [2.05, 4.69) is 4.98 Å². The Morgan fingerprint density at radius 2 is 2.24 bits per heavy atom. The van der Waals surface area contributed by atoms with E-state index in [1.165, 1.54) is 0 Å². The molecule has 0 spiro atoms. The number of hydrogen-bond donors (Lipinski definition) is 1. The van der Waals surface area contributed by atoms with Crippen molar-refractivity contribution in [2.24, 2.45) is 0 Å². The third kappa shape index (κ3) is 4.01. The maximum absolute atomic E-state index is 11.2. The van der Waals surface area contributed by atoms with Crippen LogP contribution in [0.3, 0.4) is 0 Å². The van der Waals surface area contributed by atoms with E-state index in [-0.39, 0.29) is 18.7 Å². The van der Waals surface area contributed by atoms with Gasteiger partial charge in [0.1, 0.15) is 6.20 Å². The number of hydrogen-bond acceptors (Lipinski definition) is 5. The number of unbranched alkanes of at least 4 members (excludes halogenated alkanes) is 1. The van der Waals surface area contributed by atoms with Crippen LogP contribution in [0, 0.1) is 10.1 Å². The molecule has 1 N–H and O–H groups in total. The van der Waals surface area contributed by atoms with Crippen molar-refractivity contribution < 1.29 is 14.8 Å². The van der Waals surface area contributed by atoms with Crippen LogP contribution in [0.15, 0.2) is 17.2 Å². The molecule has 92 valence electrons. The number of aromatic nitrogens is 2. The molecule has 17 heavy (non-hydrogen) atoms. The lowest BCUT2D eigenvalue weighted by atomic mass is 10.2. The fourth-order valence-electron chi connectivity index (χ4n) is 1.26. The molecule has 1 aromatic rings. The molecule has 1 heterocycles. The molecule has 0 aliphatic carbocycles. The third-order valence-corrected chi connectivity index (χ3v) is 2.09. The van der Waals surface area contributed by atoms with E-state index >= 15 is 0 Å². The summed E-state index contributed by atoms with van der Waals surface area (Å²) in [5.74, 6) is -0.908. The van der Waals surface area contributed by atoms with E-state index in [0.29, 0.717) is 12.8 Å². The number of nitrogens with zero attached hydrogens (tertiary/aromatic N) is 3. The molecule has 0 aromatic carbocycles. The summed E-state index contributed by atoms with van der Waals surface area (Å²) < 4.78 is 1.11. The Hall–Kier alpha value is -2.25. The molecule has 8 heteroatoms. The molecule has 1 aromatic heterocycles. The van der Waals surface area contributed by atoms with Gasteiger partial charge in [0.2, 0.25) is 0 Å². The van der Waals surface area contributed by atoms with Crippen molar-refractivity contribution in [2.75, 3.05) is 0 Å². The molecule has 0 radical (unpaired) electrons. The fraction of sp³-hybridized carbons (Fsp3) is 0.444. The first-order valence-electron chi connectivity index (χ1n) is 4.93. The summed E-state index contributed by atoms with van der Waals surface area (Å²) in [6, 6.07) is 0. The van der Waals surface area contributed by atoms with Gasteiger partial charge in [0, 0.05) is 13.0 Å². The van der Waals surface area contributed by atoms with Crippen LogP contribution in [0.25, 0.3) is 0 Å². The summed E-state index contributed by atoms with van der Waals surface area (Å²) in [6.45, 7) is 0.223. The SMILES string of the molecule is O=C(O)CCCCn1cc([N+](=O)[O-])cnc1=O. The Morgan fingerprint density at radius 3 is 2.82 bits per heavy atom. The van der Waals surface area contributed by atoms with Crippen molar-refractivity contribution in [2.45, 2.75) is 25.8 Å². The molecule has 8 nitrogen and oxygen atoms in total. The predicted molar refractivity (Wildman–Crippen MR) is 56.6 cm³/mol. The molecule has 0 bridgehead atoms. The van der Waals surface area contributed by atoms with Crippen LogP contribution in [0.2, 0.25) is 0 Å². The molecule has 0 saturated carbocycles. The monoisotopic (exact) mass is 241 g/mol. The number of carbonyl (C=O) groups is 1. The van der Waals surface area contributed by atoms with E-state index in [0.717, 1.165) is 17.0 Å². The smallest absolute Gasteiger partial charge is 0.347 e. The van der Waals surface area contributed by atoms with Crippen molar-refractivity contribution >= 4 is 11.7 Å². The standard InChI is InChI=1S/C9H11N3O5/c13-8(14)3-1-2-4-11-6-7(12(16)17)5-10-9(11)15/h5-6H,1-4H2,(H,13,14). The van der Waals surface area contributed by atoms with Crippen LogP contribution in [-0.4, -0.2) is 25.6 Å². The summed E-state index contributed by atoms with van der Waals surface area (Å²) >= 11 is 0. The second-order valence-corrected chi connectivity index (χ2v) is 3.40. The van der Waals surface area contributed by atoms with E-state index < -0.39 is 16.6 Å². The molecule has 0 atom stereocenters. The summed E-state index contributed by atoms with van der Waals surface area (Å²) in [6.07, 6.45) is 2.88. The van der Waals surface area contributed by atoms with Crippen LogP contribution >= 0.6 is 0 Å². The molecular weight excluding hydrogens is 230 g/mol. The lowest BCUT2D eigenvalue weighted by molar-refractivity contribution is -0.385. The van der Waals surface area contributed by atoms with Gasteiger partial charge >= 0.3 is 17.3 Å². The Bertz CT molecular complexity index is 482. The van der Waals surface area contributed by atoms with Crippen molar-refractivity contribution in [3.63, 3.8) is 0 Å². The Morgan fingerprint density at radius 1 is 1.53 bits per heavy atom. The average Bonchev–Trinajstić information content (AvgIpc) is 2.25. The first kappa shape index (κ1) is 12.8. The highest BCUT2D eigenvalue weighted by molar-refractivity contribution is 5.66. The lowest BCUT2D eigenvalue weighted by Gasteiger charge is -2.03. The third-order valence-electron chi connectivity index (χ3n) is 2.09. The van der Waals surface area contributed by atoms with E-state index in [1.54, 1.807) is 0 Å². The van der Waals surface area contributed by atoms with Crippen molar-refractivity contribution in [3.05, 3.63) is 33.0 Å². The topological polar surface area (TPSA) is 115 Å². The summed E-state index contributed by atoms with van der Waals surface area (Å²) in [5.41, 5.74) is -0.839. The average molecular weight is 241 g/mol. The summed E-state index contributed by atoms with van der Waals surface area (Å²) in [5, 5.41) is 18.9. The Labute approximate surface area is 95.7 Å². The predicted octanol–water partition coefficient (Wildman–Crippen LogP) is 0.406. The minimum atomic E-state index is -0.908. The second kappa shape index (κ2) is 5.73. The molecule has 0 unspecified atom stereocenters. The van der Waals surface area contributed by atoms with Gasteiger partial charge in [-0.15, -0.1) is 0 Å². The van der Waals surface area contributed by atoms with Gasteiger partial charge in [0.25, 0.3) is 0 Å². The highest BCUT2D eigenvalue weighted by atomic mass is 16.6. The van der Waals surface area contributed by atoms with E-state index in [1.807, 2.05) is 0 Å². The zero-order valence-corrected chi connectivity index (χ0v) is 8.90. The summed E-state index contributed by atoms with van der Waals surface area (Å²) in [4.78, 5) is 34.7. The van der Waals surface area contributed by atoms with Crippen LogP contribution in [0.5, 0.6) is 0 Å². The maximum Gasteiger partial charge on any atom is 0.347 e. The number of carboxylic acid groups (broad SMARTS) is 1. The van der Waals surface area contributed by atoms with Crippen molar-refractivity contribution in [3.8, 4) is 0 Å². The minimum absolute atomic E-state index is 0.0110. The van der Waals surface area contributed by atoms with Gasteiger partial charge < -0.3 is 5.11 Å². The second-order valence-electron chi connectivity index (χ2n) is 3.40. The molecule has 0 amide bonds. The van der Waals surface area contributed by atoms with Gasteiger partial charge in [-0.25, -0.2) is 4.79 Å². The molecule has 0 aliphatic rings. The zero-order valence-electron chi connectivity index (χ0n) is 8.90. The van der Waals surface area contributed by atoms with Gasteiger partial charge in [-0.1, -0.05) is 0 Å². The number of aliphatic carboxylic acids is 1. The quantitative estimate of drug-likeness (QED) is 0.438. The highest BCUT2D eigenvalue weighted by Gasteiger charge is 2.08. The number of nitro groups is 1. The fourth-order valence-corrected chi connectivity index (χ4v) is 1.26. The van der Waals surface area contributed by atoms with E-state index in [9.17, 15) is 19.7 Å². The molecular formula is C9H11N3O5. The molecule has 0 saturated heterocycles. The zero-order chi connectivity index (χ0) is 12.8.